The van der Waals surface area contributed by atoms with E-state index < -0.39 is 0 Å². The van der Waals surface area contributed by atoms with Crippen molar-refractivity contribution in [3.8, 4) is 0 Å². The van der Waals surface area contributed by atoms with Gasteiger partial charge in [-0.15, -0.1) is 0 Å². The lowest BCUT2D eigenvalue weighted by molar-refractivity contribution is 0.0505. The van der Waals surface area contributed by atoms with Crippen LogP contribution >= 0.6 is 0 Å². The molecule has 29 heavy (non-hydrogen) atoms. The van der Waals surface area contributed by atoms with Gasteiger partial charge in [0, 0.05) is 0 Å². The molecule has 0 bridgehead atoms. The van der Waals surface area contributed by atoms with Gasteiger partial charge < -0.3 is 4.74 Å². The minimum atomic E-state index is -0.194. The first-order valence-electron chi connectivity index (χ1n) is 12.5. The average molecular weight is 399 g/mol. The van der Waals surface area contributed by atoms with Gasteiger partial charge in [-0.1, -0.05) is 64.5 Å². The van der Waals surface area contributed by atoms with E-state index in [-0.39, 0.29) is 5.97 Å². The van der Waals surface area contributed by atoms with Gasteiger partial charge in [-0.2, -0.15) is 0 Å². The zero-order valence-corrected chi connectivity index (χ0v) is 18.8. The summed E-state index contributed by atoms with van der Waals surface area (Å²) in [6.07, 6.45) is 17.9. The van der Waals surface area contributed by atoms with Crippen molar-refractivity contribution >= 4 is 5.97 Å². The molecule has 3 rings (SSSR count). The molecule has 0 saturated heterocycles. The van der Waals surface area contributed by atoms with E-state index in [4.69, 9.17) is 4.74 Å². The summed E-state index contributed by atoms with van der Waals surface area (Å²) in [7, 11) is 0. The van der Waals surface area contributed by atoms with Crippen LogP contribution in [0.4, 0.5) is 0 Å². The highest BCUT2D eigenvalue weighted by atomic mass is 16.5. The van der Waals surface area contributed by atoms with Gasteiger partial charge in [0.2, 0.25) is 0 Å². The third kappa shape index (κ3) is 6.86. The maximum absolute atomic E-state index is 11.9. The summed E-state index contributed by atoms with van der Waals surface area (Å²) < 4.78 is 5.21. The van der Waals surface area contributed by atoms with Crippen LogP contribution < -0.4 is 0 Å². The Labute approximate surface area is 178 Å². The maximum Gasteiger partial charge on any atom is 0.338 e. The van der Waals surface area contributed by atoms with Crippen LogP contribution in [0.3, 0.4) is 0 Å². The Morgan fingerprint density at radius 3 is 1.86 bits per heavy atom. The topological polar surface area (TPSA) is 26.3 Å². The van der Waals surface area contributed by atoms with Crippen LogP contribution in [0.25, 0.3) is 0 Å². The molecule has 2 heteroatoms. The number of hydrogen-bond acceptors (Lipinski definition) is 2. The fourth-order valence-electron chi connectivity index (χ4n) is 5.76. The Balaban J connectivity index is 1.35. The number of aryl methyl sites for hydroxylation is 1. The molecule has 2 saturated carbocycles. The minimum Gasteiger partial charge on any atom is -0.462 e. The second-order valence-corrected chi connectivity index (χ2v) is 9.72. The number of esters is 1. The van der Waals surface area contributed by atoms with Gasteiger partial charge in [0.15, 0.2) is 0 Å². The van der Waals surface area contributed by atoms with Crippen LogP contribution in [0.15, 0.2) is 24.3 Å². The highest BCUT2D eigenvalue weighted by molar-refractivity contribution is 5.89. The SMILES string of the molecule is CCCOC(=O)c1ccc(CCC2CCC(C3CCC(CCC)CC3)CC2)cc1. The van der Waals surface area contributed by atoms with E-state index >= 15 is 0 Å². The second-order valence-electron chi connectivity index (χ2n) is 9.72. The number of carbonyl (C=O) groups excluding carboxylic acids is 1. The average Bonchev–Trinajstić information content (AvgIpc) is 2.77. The normalized spacial score (nSPS) is 27.5. The molecule has 0 radical (unpaired) electrons. The first-order valence-corrected chi connectivity index (χ1v) is 12.5. The molecule has 0 amide bonds. The van der Waals surface area contributed by atoms with Crippen LogP contribution in [-0.4, -0.2) is 12.6 Å². The van der Waals surface area contributed by atoms with Gasteiger partial charge in [0.25, 0.3) is 0 Å². The number of ether oxygens (including phenoxy) is 1. The van der Waals surface area contributed by atoms with Gasteiger partial charge in [0.05, 0.1) is 12.2 Å². The molecule has 162 valence electrons. The zero-order valence-electron chi connectivity index (χ0n) is 18.8. The van der Waals surface area contributed by atoms with E-state index in [9.17, 15) is 4.79 Å². The van der Waals surface area contributed by atoms with Crippen molar-refractivity contribution in [2.45, 2.75) is 97.3 Å². The molecular formula is C27H42O2. The fourth-order valence-corrected chi connectivity index (χ4v) is 5.76. The number of benzene rings is 1. The summed E-state index contributed by atoms with van der Waals surface area (Å²) in [6.45, 7) is 4.86. The number of rotatable bonds is 9. The zero-order chi connectivity index (χ0) is 20.5. The molecule has 2 fully saturated rings. The van der Waals surface area contributed by atoms with Gasteiger partial charge >= 0.3 is 5.97 Å². The summed E-state index contributed by atoms with van der Waals surface area (Å²) in [5, 5.41) is 0. The molecule has 0 unspecified atom stereocenters. The van der Waals surface area contributed by atoms with Gasteiger partial charge in [-0.3, -0.25) is 0 Å². The molecule has 0 atom stereocenters. The summed E-state index contributed by atoms with van der Waals surface area (Å²) in [4.78, 5) is 11.9. The summed E-state index contributed by atoms with van der Waals surface area (Å²) in [5.74, 6) is 3.79. The Morgan fingerprint density at radius 1 is 0.793 bits per heavy atom. The Hall–Kier alpha value is -1.31. The molecule has 1 aromatic rings. The first kappa shape index (κ1) is 22.4. The van der Waals surface area contributed by atoms with Crippen molar-refractivity contribution in [2.24, 2.45) is 23.7 Å². The fraction of sp³-hybridized carbons (Fsp3) is 0.741. The second kappa shape index (κ2) is 11.8. The largest absolute Gasteiger partial charge is 0.462 e. The molecule has 2 aliphatic carbocycles. The molecule has 1 aromatic carbocycles. The molecule has 2 aliphatic rings. The van der Waals surface area contributed by atoms with Gasteiger partial charge in [0.1, 0.15) is 0 Å². The summed E-state index contributed by atoms with van der Waals surface area (Å²) in [6, 6.07) is 8.09. The van der Waals surface area contributed by atoms with E-state index in [0.717, 1.165) is 36.5 Å². The van der Waals surface area contributed by atoms with E-state index in [1.165, 1.54) is 76.2 Å². The van der Waals surface area contributed by atoms with Crippen LogP contribution in [0.2, 0.25) is 0 Å². The lowest BCUT2D eigenvalue weighted by Gasteiger charge is -2.38. The van der Waals surface area contributed by atoms with Crippen LogP contribution in [-0.2, 0) is 11.2 Å². The lowest BCUT2D eigenvalue weighted by Crippen LogP contribution is -2.26. The van der Waals surface area contributed by atoms with E-state index in [0.29, 0.717) is 12.2 Å². The van der Waals surface area contributed by atoms with Crippen molar-refractivity contribution in [3.05, 3.63) is 35.4 Å². The molecule has 0 N–H and O–H groups in total. The first-order chi connectivity index (χ1) is 14.2. The van der Waals surface area contributed by atoms with Crippen molar-refractivity contribution in [1.82, 2.24) is 0 Å². The number of hydrogen-bond donors (Lipinski definition) is 0. The highest BCUT2D eigenvalue weighted by Crippen LogP contribution is 2.42. The Morgan fingerprint density at radius 2 is 1.34 bits per heavy atom. The number of carbonyl (C=O) groups is 1. The predicted octanol–water partition coefficient (Wildman–Crippen LogP) is 7.60. The molecule has 0 spiro atoms. The van der Waals surface area contributed by atoms with Crippen LogP contribution in [0.5, 0.6) is 0 Å². The molecular weight excluding hydrogens is 356 g/mol. The Kier molecular flexibility index (Phi) is 9.08. The van der Waals surface area contributed by atoms with Crippen molar-refractivity contribution in [3.63, 3.8) is 0 Å². The maximum atomic E-state index is 11.9. The smallest absolute Gasteiger partial charge is 0.338 e. The molecule has 0 aliphatic heterocycles. The molecule has 0 heterocycles. The standard InChI is InChI=1S/C27H42O2/c1-3-5-21-8-14-24(15-9-21)25-16-10-22(11-17-25)6-7-23-12-18-26(19-13-23)27(28)29-20-4-2/h12-13,18-19,21-22,24-25H,3-11,14-17,20H2,1-2H3. The van der Waals surface area contributed by atoms with Crippen LogP contribution in [0.1, 0.15) is 107 Å². The van der Waals surface area contributed by atoms with Gasteiger partial charge in [-0.05, 0) is 86.3 Å². The highest BCUT2D eigenvalue weighted by Gasteiger charge is 2.30. The monoisotopic (exact) mass is 398 g/mol. The van der Waals surface area contributed by atoms with Crippen molar-refractivity contribution < 1.29 is 9.53 Å². The van der Waals surface area contributed by atoms with Crippen molar-refractivity contribution in [2.75, 3.05) is 6.61 Å². The van der Waals surface area contributed by atoms with Gasteiger partial charge in [-0.25, -0.2) is 4.79 Å². The van der Waals surface area contributed by atoms with Crippen molar-refractivity contribution in [1.29, 1.82) is 0 Å². The minimum absolute atomic E-state index is 0.194. The van der Waals surface area contributed by atoms with E-state index in [1.54, 1.807) is 0 Å². The van der Waals surface area contributed by atoms with E-state index in [1.807, 2.05) is 19.1 Å². The predicted molar refractivity (Wildman–Crippen MR) is 121 cm³/mol. The summed E-state index contributed by atoms with van der Waals surface area (Å²) >= 11 is 0. The quantitative estimate of drug-likeness (QED) is 0.400. The van der Waals surface area contributed by atoms with E-state index in [2.05, 4.69) is 19.1 Å². The van der Waals surface area contributed by atoms with Crippen LogP contribution in [0, 0.1) is 23.7 Å². The molecule has 0 aromatic heterocycles. The lowest BCUT2D eigenvalue weighted by atomic mass is 9.68. The molecule has 2 nitrogen and oxygen atoms in total. The summed E-state index contributed by atoms with van der Waals surface area (Å²) in [5.41, 5.74) is 2.03. The third-order valence-electron chi connectivity index (χ3n) is 7.61. The Bertz CT molecular complexity index is 589. The third-order valence-corrected chi connectivity index (χ3v) is 7.61.